The third-order valence-corrected chi connectivity index (χ3v) is 6.66. The molecule has 1 heterocycles. The fraction of sp³-hybridized carbons (Fsp3) is 0.381. The quantitative estimate of drug-likeness (QED) is 0.704. The second-order valence-electron chi connectivity index (χ2n) is 7.06. The second kappa shape index (κ2) is 9.98. The summed E-state index contributed by atoms with van der Waals surface area (Å²) in [5, 5.41) is 2.78. The summed E-state index contributed by atoms with van der Waals surface area (Å²) in [6, 6.07) is 16.2. The van der Waals surface area contributed by atoms with E-state index >= 15 is 0 Å². The highest BCUT2D eigenvalue weighted by atomic mass is 32.2. The molecule has 1 amide bonds. The van der Waals surface area contributed by atoms with Gasteiger partial charge < -0.3 is 10.1 Å². The number of ether oxygens (including phenoxy) is 1. The number of amides is 1. The molecule has 0 aromatic heterocycles. The molecule has 7 nitrogen and oxygen atoms in total. The number of nitrogens with zero attached hydrogens (tertiary/aromatic N) is 2. The van der Waals surface area contributed by atoms with Gasteiger partial charge in [0.05, 0.1) is 24.7 Å². The summed E-state index contributed by atoms with van der Waals surface area (Å²) in [6.07, 6.45) is 0. The first-order valence-corrected chi connectivity index (χ1v) is 11.0. The van der Waals surface area contributed by atoms with Crippen molar-refractivity contribution in [3.8, 4) is 0 Å². The lowest BCUT2D eigenvalue weighted by Gasteiger charge is -2.26. The molecule has 0 saturated carbocycles. The van der Waals surface area contributed by atoms with E-state index < -0.39 is 10.0 Å². The van der Waals surface area contributed by atoms with Gasteiger partial charge in [-0.2, -0.15) is 4.31 Å². The van der Waals surface area contributed by atoms with Gasteiger partial charge in [-0.15, -0.1) is 0 Å². The van der Waals surface area contributed by atoms with Crippen molar-refractivity contribution in [1.82, 2.24) is 14.5 Å². The van der Waals surface area contributed by atoms with E-state index in [0.717, 1.165) is 42.7 Å². The minimum Gasteiger partial charge on any atom is -0.379 e. The van der Waals surface area contributed by atoms with Crippen molar-refractivity contribution in [1.29, 1.82) is 0 Å². The third-order valence-electron chi connectivity index (χ3n) is 4.84. The van der Waals surface area contributed by atoms with Gasteiger partial charge in [0.15, 0.2) is 0 Å². The summed E-state index contributed by atoms with van der Waals surface area (Å²) in [5.41, 5.74) is 2.19. The Balaban J connectivity index is 1.47. The topological polar surface area (TPSA) is 79.0 Å². The molecule has 29 heavy (non-hydrogen) atoms. The number of sulfonamides is 1. The van der Waals surface area contributed by atoms with Crippen molar-refractivity contribution < 1.29 is 17.9 Å². The molecular weight excluding hydrogens is 390 g/mol. The highest BCUT2D eigenvalue weighted by Crippen LogP contribution is 2.13. The minimum absolute atomic E-state index is 0.172. The number of hydrogen-bond donors (Lipinski definition) is 1. The fourth-order valence-electron chi connectivity index (χ4n) is 3.10. The molecule has 1 fully saturated rings. The molecule has 8 heteroatoms. The zero-order chi connectivity index (χ0) is 20.7. The van der Waals surface area contributed by atoms with Crippen molar-refractivity contribution in [3.05, 3.63) is 65.7 Å². The maximum Gasteiger partial charge on any atom is 0.243 e. The Kier molecular flexibility index (Phi) is 7.38. The lowest BCUT2D eigenvalue weighted by molar-refractivity contribution is -0.121. The number of benzene rings is 2. The van der Waals surface area contributed by atoms with Crippen LogP contribution < -0.4 is 5.32 Å². The van der Waals surface area contributed by atoms with Crippen LogP contribution in [0.1, 0.15) is 11.1 Å². The van der Waals surface area contributed by atoms with Crippen molar-refractivity contribution in [2.24, 2.45) is 0 Å². The molecule has 1 aliphatic rings. The Labute approximate surface area is 172 Å². The lowest BCUT2D eigenvalue weighted by atomic mass is 10.1. The van der Waals surface area contributed by atoms with Gasteiger partial charge in [-0.3, -0.25) is 9.69 Å². The summed E-state index contributed by atoms with van der Waals surface area (Å²) >= 11 is 0. The summed E-state index contributed by atoms with van der Waals surface area (Å²) in [7, 11) is -2.27. The first kappa shape index (κ1) is 21.4. The summed E-state index contributed by atoms with van der Waals surface area (Å²) in [5.74, 6) is -0.343. The molecule has 0 aliphatic carbocycles. The Morgan fingerprint density at radius 3 is 2.31 bits per heavy atom. The minimum atomic E-state index is -3.68. The molecule has 0 bridgehead atoms. The smallest absolute Gasteiger partial charge is 0.243 e. The molecule has 3 rings (SSSR count). The van der Waals surface area contributed by atoms with Gasteiger partial charge in [0.2, 0.25) is 15.9 Å². The number of likely N-dealkylation sites (N-methyl/N-ethyl adjacent to an activating group) is 1. The number of nitrogens with one attached hydrogen (secondary N) is 1. The number of morpholine rings is 1. The van der Waals surface area contributed by atoms with E-state index in [2.05, 4.69) is 22.3 Å². The number of carbonyl (C=O) groups is 1. The van der Waals surface area contributed by atoms with Crippen LogP contribution in [0.25, 0.3) is 0 Å². The standard InChI is InChI=1S/C21H27N3O4S/c1-23(29(26,27)20-5-3-2-4-6-20)17-21(25)22-15-18-7-9-19(10-8-18)16-24-11-13-28-14-12-24/h2-10H,11-17H2,1H3,(H,22,25). The Hall–Kier alpha value is -2.26. The van der Waals surface area contributed by atoms with E-state index in [1.165, 1.54) is 24.7 Å². The SMILES string of the molecule is CN(CC(=O)NCc1ccc(CN2CCOCC2)cc1)S(=O)(=O)c1ccccc1. The van der Waals surface area contributed by atoms with Gasteiger partial charge in [0, 0.05) is 33.2 Å². The predicted octanol–water partition coefficient (Wildman–Crippen LogP) is 1.46. The average molecular weight is 418 g/mol. The number of hydrogen-bond acceptors (Lipinski definition) is 5. The van der Waals surface area contributed by atoms with Crippen molar-refractivity contribution >= 4 is 15.9 Å². The van der Waals surface area contributed by atoms with Gasteiger partial charge >= 0.3 is 0 Å². The number of carbonyl (C=O) groups excluding carboxylic acids is 1. The highest BCUT2D eigenvalue weighted by Gasteiger charge is 2.22. The Morgan fingerprint density at radius 1 is 1.03 bits per heavy atom. The monoisotopic (exact) mass is 417 g/mol. The summed E-state index contributed by atoms with van der Waals surface area (Å²) in [6.45, 7) is 4.45. The fourth-order valence-corrected chi connectivity index (χ4v) is 4.24. The van der Waals surface area contributed by atoms with E-state index in [1.54, 1.807) is 18.2 Å². The van der Waals surface area contributed by atoms with Crippen LogP contribution in [-0.4, -0.2) is 63.4 Å². The molecular formula is C21H27N3O4S. The van der Waals surface area contributed by atoms with Gasteiger partial charge in [-0.25, -0.2) is 8.42 Å². The van der Waals surface area contributed by atoms with Gasteiger partial charge in [-0.05, 0) is 23.3 Å². The number of rotatable bonds is 8. The second-order valence-corrected chi connectivity index (χ2v) is 9.10. The zero-order valence-corrected chi connectivity index (χ0v) is 17.4. The van der Waals surface area contributed by atoms with E-state index in [9.17, 15) is 13.2 Å². The highest BCUT2D eigenvalue weighted by molar-refractivity contribution is 7.89. The summed E-state index contributed by atoms with van der Waals surface area (Å²) in [4.78, 5) is 14.7. The zero-order valence-electron chi connectivity index (χ0n) is 16.6. The van der Waals surface area contributed by atoms with E-state index in [4.69, 9.17) is 4.74 Å². The average Bonchev–Trinajstić information content (AvgIpc) is 2.74. The molecule has 2 aromatic rings. The van der Waals surface area contributed by atoms with Crippen LogP contribution >= 0.6 is 0 Å². The molecule has 1 aliphatic heterocycles. The maximum absolute atomic E-state index is 12.5. The molecule has 1 N–H and O–H groups in total. The Morgan fingerprint density at radius 2 is 1.66 bits per heavy atom. The van der Waals surface area contributed by atoms with Crippen molar-refractivity contribution in [2.75, 3.05) is 39.9 Å². The third kappa shape index (κ3) is 6.11. The van der Waals surface area contributed by atoms with Crippen LogP contribution in [0.15, 0.2) is 59.5 Å². The molecule has 1 saturated heterocycles. The van der Waals surface area contributed by atoms with Crippen LogP contribution in [0.3, 0.4) is 0 Å². The normalized spacial score (nSPS) is 15.4. The molecule has 0 unspecified atom stereocenters. The van der Waals surface area contributed by atoms with E-state index in [-0.39, 0.29) is 17.3 Å². The molecule has 0 spiro atoms. The van der Waals surface area contributed by atoms with Crippen molar-refractivity contribution in [3.63, 3.8) is 0 Å². The first-order chi connectivity index (χ1) is 13.9. The van der Waals surface area contributed by atoms with E-state index in [1.807, 2.05) is 12.1 Å². The van der Waals surface area contributed by atoms with Crippen LogP contribution in [0.5, 0.6) is 0 Å². The van der Waals surface area contributed by atoms with Crippen LogP contribution in [0.2, 0.25) is 0 Å². The molecule has 2 aromatic carbocycles. The van der Waals surface area contributed by atoms with Crippen LogP contribution in [0, 0.1) is 0 Å². The van der Waals surface area contributed by atoms with Crippen LogP contribution in [0.4, 0.5) is 0 Å². The predicted molar refractivity (Wildman–Crippen MR) is 111 cm³/mol. The van der Waals surface area contributed by atoms with E-state index in [0.29, 0.717) is 6.54 Å². The molecule has 0 atom stereocenters. The largest absolute Gasteiger partial charge is 0.379 e. The van der Waals surface area contributed by atoms with Crippen molar-refractivity contribution in [2.45, 2.75) is 18.0 Å². The first-order valence-electron chi connectivity index (χ1n) is 9.61. The van der Waals surface area contributed by atoms with Crippen LogP contribution in [-0.2, 0) is 32.6 Å². The molecule has 0 radical (unpaired) electrons. The summed E-state index contributed by atoms with van der Waals surface area (Å²) < 4.78 is 31.4. The van der Waals surface area contributed by atoms with Gasteiger partial charge in [-0.1, -0.05) is 42.5 Å². The Bertz CT molecular complexity index is 895. The van der Waals surface area contributed by atoms with Gasteiger partial charge in [0.1, 0.15) is 0 Å². The maximum atomic E-state index is 12.5. The van der Waals surface area contributed by atoms with Gasteiger partial charge in [0.25, 0.3) is 0 Å². The molecule has 156 valence electrons. The lowest BCUT2D eigenvalue weighted by Crippen LogP contribution is -2.38.